The standard InChI is InChI=1S/C17H18N2O5/c1-22-13-6-8-15(9-7-13)24-11-17(21)19-12-2-4-14(5-3-12)23-10-16(18)20/h2-9H,10-11H2,1H3,(H2,18,20)(H,19,21). The molecule has 0 aliphatic rings. The first-order valence-corrected chi connectivity index (χ1v) is 7.14. The first-order valence-electron chi connectivity index (χ1n) is 7.14. The number of methoxy groups -OCH3 is 1. The van der Waals surface area contributed by atoms with Crippen LogP contribution in [0.2, 0.25) is 0 Å². The molecule has 24 heavy (non-hydrogen) atoms. The van der Waals surface area contributed by atoms with Crippen LogP contribution in [0, 0.1) is 0 Å². The van der Waals surface area contributed by atoms with Crippen LogP contribution in [0.1, 0.15) is 0 Å². The van der Waals surface area contributed by atoms with Gasteiger partial charge in [-0.15, -0.1) is 0 Å². The number of anilines is 1. The summed E-state index contributed by atoms with van der Waals surface area (Å²) in [4.78, 5) is 22.5. The van der Waals surface area contributed by atoms with Gasteiger partial charge in [-0.25, -0.2) is 0 Å². The number of hydrogen-bond donors (Lipinski definition) is 2. The van der Waals surface area contributed by atoms with Crippen molar-refractivity contribution in [1.29, 1.82) is 0 Å². The molecule has 7 nitrogen and oxygen atoms in total. The van der Waals surface area contributed by atoms with Crippen LogP contribution in [0.15, 0.2) is 48.5 Å². The van der Waals surface area contributed by atoms with Gasteiger partial charge in [0.15, 0.2) is 13.2 Å². The second kappa shape index (κ2) is 8.42. The molecule has 0 aliphatic carbocycles. The van der Waals surface area contributed by atoms with Crippen LogP contribution in [-0.4, -0.2) is 32.1 Å². The van der Waals surface area contributed by atoms with Crippen molar-refractivity contribution < 1.29 is 23.8 Å². The first-order chi connectivity index (χ1) is 11.6. The fraction of sp³-hybridized carbons (Fsp3) is 0.176. The highest BCUT2D eigenvalue weighted by atomic mass is 16.5. The van der Waals surface area contributed by atoms with Crippen LogP contribution in [-0.2, 0) is 9.59 Å². The van der Waals surface area contributed by atoms with Crippen molar-refractivity contribution in [2.75, 3.05) is 25.6 Å². The molecule has 0 aliphatic heterocycles. The van der Waals surface area contributed by atoms with E-state index < -0.39 is 5.91 Å². The lowest BCUT2D eigenvalue weighted by atomic mass is 10.3. The van der Waals surface area contributed by atoms with E-state index in [4.69, 9.17) is 19.9 Å². The minimum Gasteiger partial charge on any atom is -0.497 e. The van der Waals surface area contributed by atoms with Crippen molar-refractivity contribution in [3.05, 3.63) is 48.5 Å². The Kier molecular flexibility index (Phi) is 6.01. The summed E-state index contributed by atoms with van der Waals surface area (Å²) in [5.74, 6) is 0.924. The SMILES string of the molecule is COc1ccc(OCC(=O)Nc2ccc(OCC(N)=O)cc2)cc1. The summed E-state index contributed by atoms with van der Waals surface area (Å²) in [5.41, 5.74) is 5.58. The van der Waals surface area contributed by atoms with E-state index in [2.05, 4.69) is 5.32 Å². The zero-order valence-corrected chi connectivity index (χ0v) is 13.2. The van der Waals surface area contributed by atoms with E-state index in [9.17, 15) is 9.59 Å². The number of hydrogen-bond acceptors (Lipinski definition) is 5. The van der Waals surface area contributed by atoms with Crippen molar-refractivity contribution in [1.82, 2.24) is 0 Å². The van der Waals surface area contributed by atoms with Gasteiger partial charge in [-0.1, -0.05) is 0 Å². The van der Waals surface area contributed by atoms with E-state index in [1.165, 1.54) is 0 Å². The van der Waals surface area contributed by atoms with Gasteiger partial charge in [0, 0.05) is 5.69 Å². The van der Waals surface area contributed by atoms with Gasteiger partial charge in [0.2, 0.25) is 0 Å². The van der Waals surface area contributed by atoms with Gasteiger partial charge in [0.05, 0.1) is 7.11 Å². The summed E-state index contributed by atoms with van der Waals surface area (Å²) in [6.07, 6.45) is 0. The number of nitrogens with one attached hydrogen (secondary N) is 1. The Morgan fingerprint density at radius 3 is 1.92 bits per heavy atom. The number of nitrogens with two attached hydrogens (primary N) is 1. The van der Waals surface area contributed by atoms with Gasteiger partial charge in [-0.2, -0.15) is 0 Å². The number of ether oxygens (including phenoxy) is 3. The summed E-state index contributed by atoms with van der Waals surface area (Å²) in [6, 6.07) is 13.5. The Bertz CT molecular complexity index is 683. The molecule has 126 valence electrons. The van der Waals surface area contributed by atoms with Gasteiger partial charge in [0.25, 0.3) is 11.8 Å². The van der Waals surface area contributed by atoms with Crippen molar-refractivity contribution in [2.24, 2.45) is 5.73 Å². The summed E-state index contributed by atoms with van der Waals surface area (Å²) < 4.78 is 15.6. The Balaban J connectivity index is 1.79. The fourth-order valence-electron chi connectivity index (χ4n) is 1.81. The minimum absolute atomic E-state index is 0.119. The van der Waals surface area contributed by atoms with Crippen LogP contribution < -0.4 is 25.3 Å². The summed E-state index contributed by atoms with van der Waals surface area (Å²) >= 11 is 0. The number of carbonyl (C=O) groups is 2. The smallest absolute Gasteiger partial charge is 0.262 e. The summed E-state index contributed by atoms with van der Waals surface area (Å²) in [7, 11) is 1.58. The largest absolute Gasteiger partial charge is 0.497 e. The van der Waals surface area contributed by atoms with Gasteiger partial charge in [-0.3, -0.25) is 9.59 Å². The van der Waals surface area contributed by atoms with E-state index in [1.54, 1.807) is 55.6 Å². The molecular weight excluding hydrogens is 312 g/mol. The molecule has 2 aromatic rings. The first kappa shape index (κ1) is 17.1. The van der Waals surface area contributed by atoms with Gasteiger partial charge >= 0.3 is 0 Å². The van der Waals surface area contributed by atoms with Gasteiger partial charge < -0.3 is 25.3 Å². The highest BCUT2D eigenvalue weighted by Gasteiger charge is 2.05. The molecule has 0 atom stereocenters. The predicted octanol–water partition coefficient (Wildman–Crippen LogP) is 1.58. The maximum atomic E-state index is 11.9. The quantitative estimate of drug-likeness (QED) is 0.765. The van der Waals surface area contributed by atoms with E-state index in [0.29, 0.717) is 22.9 Å². The normalized spacial score (nSPS) is 9.88. The number of primary amides is 1. The Labute approximate surface area is 139 Å². The molecule has 0 heterocycles. The molecule has 0 spiro atoms. The van der Waals surface area contributed by atoms with Crippen molar-refractivity contribution in [3.63, 3.8) is 0 Å². The second-order valence-corrected chi connectivity index (χ2v) is 4.79. The average molecular weight is 330 g/mol. The molecule has 0 aromatic heterocycles. The maximum absolute atomic E-state index is 11.9. The van der Waals surface area contributed by atoms with E-state index >= 15 is 0 Å². The Morgan fingerprint density at radius 2 is 1.38 bits per heavy atom. The molecule has 0 radical (unpaired) electrons. The lowest BCUT2D eigenvalue weighted by Crippen LogP contribution is -2.20. The van der Waals surface area contributed by atoms with Crippen molar-refractivity contribution in [3.8, 4) is 17.2 Å². The molecule has 7 heteroatoms. The minimum atomic E-state index is -0.553. The molecule has 2 aromatic carbocycles. The molecule has 0 saturated carbocycles. The highest BCUT2D eigenvalue weighted by molar-refractivity contribution is 5.91. The van der Waals surface area contributed by atoms with Crippen LogP contribution >= 0.6 is 0 Å². The highest BCUT2D eigenvalue weighted by Crippen LogP contribution is 2.18. The molecule has 0 fully saturated rings. The maximum Gasteiger partial charge on any atom is 0.262 e. The van der Waals surface area contributed by atoms with Crippen LogP contribution in [0.25, 0.3) is 0 Å². The Hall–Kier alpha value is -3.22. The number of rotatable bonds is 8. The lowest BCUT2D eigenvalue weighted by molar-refractivity contribution is -0.120. The third-order valence-corrected chi connectivity index (χ3v) is 2.95. The Morgan fingerprint density at radius 1 is 0.875 bits per heavy atom. The molecule has 0 bridgehead atoms. The van der Waals surface area contributed by atoms with E-state index in [-0.39, 0.29) is 19.1 Å². The fourth-order valence-corrected chi connectivity index (χ4v) is 1.81. The topological polar surface area (TPSA) is 99.9 Å². The molecule has 0 saturated heterocycles. The van der Waals surface area contributed by atoms with Crippen molar-refractivity contribution in [2.45, 2.75) is 0 Å². The average Bonchev–Trinajstić information content (AvgIpc) is 2.60. The van der Waals surface area contributed by atoms with Crippen LogP contribution in [0.5, 0.6) is 17.2 Å². The van der Waals surface area contributed by atoms with Gasteiger partial charge in [0.1, 0.15) is 17.2 Å². The number of amides is 2. The third-order valence-electron chi connectivity index (χ3n) is 2.95. The lowest BCUT2D eigenvalue weighted by Gasteiger charge is -2.09. The van der Waals surface area contributed by atoms with Crippen molar-refractivity contribution >= 4 is 17.5 Å². The predicted molar refractivity (Wildman–Crippen MR) is 88.3 cm³/mol. The molecular formula is C17H18N2O5. The van der Waals surface area contributed by atoms with E-state index in [0.717, 1.165) is 0 Å². The molecule has 2 rings (SSSR count). The zero-order chi connectivity index (χ0) is 17.4. The van der Waals surface area contributed by atoms with E-state index in [1.807, 2.05) is 0 Å². The van der Waals surface area contributed by atoms with Crippen LogP contribution in [0.4, 0.5) is 5.69 Å². The van der Waals surface area contributed by atoms with Crippen LogP contribution in [0.3, 0.4) is 0 Å². The number of benzene rings is 2. The molecule has 2 amide bonds. The monoisotopic (exact) mass is 330 g/mol. The second-order valence-electron chi connectivity index (χ2n) is 4.79. The zero-order valence-electron chi connectivity index (χ0n) is 13.2. The number of carbonyl (C=O) groups excluding carboxylic acids is 2. The summed E-state index contributed by atoms with van der Waals surface area (Å²) in [5, 5.41) is 2.69. The third kappa shape index (κ3) is 5.53. The van der Waals surface area contributed by atoms with Gasteiger partial charge in [-0.05, 0) is 48.5 Å². The molecule has 0 unspecified atom stereocenters. The summed E-state index contributed by atoms with van der Waals surface area (Å²) in [6.45, 7) is -0.312. The molecule has 3 N–H and O–H groups in total.